The number of carbonyl (C=O) groups is 2. The number of para-hydroxylation sites is 1. The molecule has 0 aliphatic carbocycles. The van der Waals surface area contributed by atoms with Crippen molar-refractivity contribution in [2.45, 2.75) is 25.7 Å². The predicted molar refractivity (Wildman–Crippen MR) is 96.9 cm³/mol. The van der Waals surface area contributed by atoms with E-state index in [0.29, 0.717) is 5.92 Å². The van der Waals surface area contributed by atoms with E-state index in [2.05, 4.69) is 16.4 Å². The molecule has 1 saturated heterocycles. The fourth-order valence-electron chi connectivity index (χ4n) is 3.20. The molecule has 1 aliphatic heterocycles. The molecule has 1 unspecified atom stereocenters. The number of likely N-dealkylation sites (tertiary alicyclic amines) is 1. The van der Waals surface area contributed by atoms with Crippen molar-refractivity contribution in [3.05, 3.63) is 60.4 Å². The van der Waals surface area contributed by atoms with Crippen molar-refractivity contribution in [1.29, 1.82) is 0 Å². The van der Waals surface area contributed by atoms with E-state index in [-0.39, 0.29) is 24.7 Å². The van der Waals surface area contributed by atoms with E-state index in [4.69, 9.17) is 0 Å². The zero-order valence-electron chi connectivity index (χ0n) is 14.2. The number of rotatable bonds is 6. The number of nitrogens with zero attached hydrogens (tertiary/aromatic N) is 2. The number of nitrogens with one attached hydrogen (secondary N) is 1. The number of amides is 2. The number of pyridine rings is 1. The van der Waals surface area contributed by atoms with Crippen LogP contribution in [-0.4, -0.2) is 34.8 Å². The molecule has 1 N–H and O–H groups in total. The maximum absolute atomic E-state index is 12.3. The normalized spacial score (nSPS) is 16.6. The van der Waals surface area contributed by atoms with Gasteiger partial charge in [0.1, 0.15) is 0 Å². The summed E-state index contributed by atoms with van der Waals surface area (Å²) in [6.45, 7) is 1.55. The van der Waals surface area contributed by atoms with Gasteiger partial charge in [0.2, 0.25) is 11.8 Å². The van der Waals surface area contributed by atoms with Crippen molar-refractivity contribution >= 4 is 17.5 Å². The van der Waals surface area contributed by atoms with Gasteiger partial charge in [0, 0.05) is 44.0 Å². The summed E-state index contributed by atoms with van der Waals surface area (Å²) in [6.07, 6.45) is 6.10. The first-order valence-electron chi connectivity index (χ1n) is 8.72. The summed E-state index contributed by atoms with van der Waals surface area (Å²) in [5, 5.41) is 2.81. The Morgan fingerprint density at radius 1 is 1.12 bits per heavy atom. The van der Waals surface area contributed by atoms with E-state index in [1.54, 1.807) is 6.20 Å². The summed E-state index contributed by atoms with van der Waals surface area (Å²) in [5.41, 5.74) is 1.97. The maximum Gasteiger partial charge on any atom is 0.224 e. The van der Waals surface area contributed by atoms with E-state index in [0.717, 1.165) is 31.6 Å². The van der Waals surface area contributed by atoms with Crippen molar-refractivity contribution in [1.82, 2.24) is 9.88 Å². The van der Waals surface area contributed by atoms with Crippen molar-refractivity contribution in [3.8, 4) is 0 Å². The standard InChI is InChI=1S/C20H23N3O2/c24-19(22-18-6-2-1-3-7-18)8-9-20(25)23-12-10-17(15-23)13-16-5-4-11-21-14-16/h1-7,11,14,17H,8-10,12-13,15H2,(H,22,24). The highest BCUT2D eigenvalue weighted by molar-refractivity contribution is 5.93. The molecule has 2 heterocycles. The maximum atomic E-state index is 12.3. The third-order valence-corrected chi connectivity index (χ3v) is 4.51. The number of aromatic nitrogens is 1. The summed E-state index contributed by atoms with van der Waals surface area (Å²) in [4.78, 5) is 30.3. The molecule has 0 bridgehead atoms. The van der Waals surface area contributed by atoms with Crippen LogP contribution in [-0.2, 0) is 16.0 Å². The molecule has 2 aromatic rings. The van der Waals surface area contributed by atoms with Crippen molar-refractivity contribution in [2.75, 3.05) is 18.4 Å². The van der Waals surface area contributed by atoms with Gasteiger partial charge in [-0.1, -0.05) is 24.3 Å². The quantitative estimate of drug-likeness (QED) is 0.881. The molecule has 5 nitrogen and oxygen atoms in total. The Kier molecular flexibility index (Phi) is 5.77. The second-order valence-electron chi connectivity index (χ2n) is 6.47. The Balaban J connectivity index is 1.41. The Bertz CT molecular complexity index is 703. The number of hydrogen-bond acceptors (Lipinski definition) is 3. The lowest BCUT2D eigenvalue weighted by atomic mass is 10.0. The molecule has 0 saturated carbocycles. The van der Waals surface area contributed by atoms with E-state index >= 15 is 0 Å². The van der Waals surface area contributed by atoms with Crippen LogP contribution in [0.5, 0.6) is 0 Å². The largest absolute Gasteiger partial charge is 0.342 e. The lowest BCUT2D eigenvalue weighted by Crippen LogP contribution is -2.29. The van der Waals surface area contributed by atoms with Gasteiger partial charge in [-0.15, -0.1) is 0 Å². The summed E-state index contributed by atoms with van der Waals surface area (Å²) >= 11 is 0. The lowest BCUT2D eigenvalue weighted by Gasteiger charge is -2.16. The van der Waals surface area contributed by atoms with Crippen LogP contribution in [0.25, 0.3) is 0 Å². The highest BCUT2D eigenvalue weighted by Gasteiger charge is 2.26. The van der Waals surface area contributed by atoms with Gasteiger partial charge in [0.15, 0.2) is 0 Å². The molecule has 25 heavy (non-hydrogen) atoms. The van der Waals surface area contributed by atoms with Crippen LogP contribution in [0.1, 0.15) is 24.8 Å². The zero-order valence-corrected chi connectivity index (χ0v) is 14.2. The van der Waals surface area contributed by atoms with Crippen molar-refractivity contribution in [2.24, 2.45) is 5.92 Å². The number of anilines is 1. The highest BCUT2D eigenvalue weighted by Crippen LogP contribution is 2.21. The van der Waals surface area contributed by atoms with Crippen molar-refractivity contribution in [3.63, 3.8) is 0 Å². The first-order valence-corrected chi connectivity index (χ1v) is 8.72. The van der Waals surface area contributed by atoms with Gasteiger partial charge in [-0.2, -0.15) is 0 Å². The highest BCUT2D eigenvalue weighted by atomic mass is 16.2. The van der Waals surface area contributed by atoms with Gasteiger partial charge in [-0.05, 0) is 42.5 Å². The minimum absolute atomic E-state index is 0.0666. The van der Waals surface area contributed by atoms with Gasteiger partial charge in [-0.3, -0.25) is 14.6 Å². The van der Waals surface area contributed by atoms with Gasteiger partial charge in [-0.25, -0.2) is 0 Å². The Hall–Kier alpha value is -2.69. The smallest absolute Gasteiger partial charge is 0.224 e. The van der Waals surface area contributed by atoms with Crippen LogP contribution >= 0.6 is 0 Å². The topological polar surface area (TPSA) is 62.3 Å². The van der Waals surface area contributed by atoms with Gasteiger partial charge in [0.05, 0.1) is 0 Å². The van der Waals surface area contributed by atoms with Crippen LogP contribution in [0.2, 0.25) is 0 Å². The molecule has 3 rings (SSSR count). The first kappa shape index (κ1) is 17.1. The molecule has 2 amide bonds. The minimum atomic E-state index is -0.120. The Labute approximate surface area is 148 Å². The molecule has 5 heteroatoms. The Morgan fingerprint density at radius 3 is 2.72 bits per heavy atom. The summed E-state index contributed by atoms with van der Waals surface area (Å²) in [5.74, 6) is 0.425. The summed E-state index contributed by atoms with van der Waals surface area (Å²) < 4.78 is 0. The van der Waals surface area contributed by atoms with Crippen LogP contribution in [0.4, 0.5) is 5.69 Å². The SMILES string of the molecule is O=C(CCC(=O)N1CCC(Cc2cccnc2)C1)Nc1ccccc1. The molecule has 1 aliphatic rings. The second kappa shape index (κ2) is 8.42. The fraction of sp³-hybridized carbons (Fsp3) is 0.350. The zero-order chi connectivity index (χ0) is 17.5. The van der Waals surface area contributed by atoms with Crippen LogP contribution in [0, 0.1) is 5.92 Å². The lowest BCUT2D eigenvalue weighted by molar-refractivity contribution is -0.132. The van der Waals surface area contributed by atoms with E-state index in [1.807, 2.05) is 47.5 Å². The molecule has 1 aromatic carbocycles. The summed E-state index contributed by atoms with van der Waals surface area (Å²) in [7, 11) is 0. The average Bonchev–Trinajstić information content (AvgIpc) is 3.10. The number of carbonyl (C=O) groups excluding carboxylic acids is 2. The monoisotopic (exact) mass is 337 g/mol. The van der Waals surface area contributed by atoms with Gasteiger partial charge in [0.25, 0.3) is 0 Å². The molecule has 1 aromatic heterocycles. The minimum Gasteiger partial charge on any atom is -0.342 e. The molecule has 0 radical (unpaired) electrons. The van der Waals surface area contributed by atoms with Gasteiger partial charge >= 0.3 is 0 Å². The number of hydrogen-bond donors (Lipinski definition) is 1. The van der Waals surface area contributed by atoms with Crippen LogP contribution < -0.4 is 5.32 Å². The molecule has 1 fully saturated rings. The summed E-state index contributed by atoms with van der Waals surface area (Å²) in [6, 6.07) is 13.3. The third kappa shape index (κ3) is 5.14. The fourth-order valence-corrected chi connectivity index (χ4v) is 3.20. The number of benzene rings is 1. The van der Waals surface area contributed by atoms with Crippen LogP contribution in [0.15, 0.2) is 54.9 Å². The van der Waals surface area contributed by atoms with Crippen LogP contribution in [0.3, 0.4) is 0 Å². The predicted octanol–water partition coefficient (Wildman–Crippen LogP) is 2.89. The second-order valence-corrected chi connectivity index (χ2v) is 6.47. The molecule has 1 atom stereocenters. The van der Waals surface area contributed by atoms with Crippen molar-refractivity contribution < 1.29 is 9.59 Å². The molecule has 0 spiro atoms. The van der Waals surface area contributed by atoms with Gasteiger partial charge < -0.3 is 10.2 Å². The molecular formula is C20H23N3O2. The third-order valence-electron chi connectivity index (χ3n) is 4.51. The van der Waals surface area contributed by atoms with E-state index in [1.165, 1.54) is 5.56 Å². The first-order chi connectivity index (χ1) is 12.2. The average molecular weight is 337 g/mol. The molecule has 130 valence electrons. The molecular weight excluding hydrogens is 314 g/mol. The van der Waals surface area contributed by atoms with E-state index < -0.39 is 0 Å². The van der Waals surface area contributed by atoms with E-state index in [9.17, 15) is 9.59 Å². The Morgan fingerprint density at radius 2 is 1.96 bits per heavy atom.